The van der Waals surface area contributed by atoms with Crippen molar-refractivity contribution in [2.24, 2.45) is 5.73 Å². The van der Waals surface area contributed by atoms with Crippen LogP contribution < -0.4 is 8.86 Å². The van der Waals surface area contributed by atoms with Gasteiger partial charge in [0.05, 0.1) is 0 Å². The van der Waals surface area contributed by atoms with Crippen LogP contribution in [0.4, 0.5) is 5.69 Å². The minimum atomic E-state index is -0.675. The molecule has 0 bridgehead atoms. The molecule has 0 saturated heterocycles. The Bertz CT molecular complexity index is 433. The number of hydrogen-bond donors (Lipinski definition) is 2. The number of amides is 1. The predicted octanol–water partition coefficient (Wildman–Crippen LogP) is -0.878. The van der Waals surface area contributed by atoms with Gasteiger partial charge in [-0.15, -0.1) is 0 Å². The van der Waals surface area contributed by atoms with Gasteiger partial charge in [-0.25, -0.2) is 0 Å². The molecule has 1 amide bonds. The van der Waals surface area contributed by atoms with E-state index in [2.05, 4.69) is 0 Å². The Morgan fingerprint density at radius 1 is 1.60 bits per heavy atom. The van der Waals surface area contributed by atoms with Crippen molar-refractivity contribution in [1.82, 2.24) is 0 Å². The van der Waals surface area contributed by atoms with E-state index in [1.54, 1.807) is 6.07 Å². The standard InChI is InChI=1S/C8H7N2O4.Tl/c9-8(12)4-5-1-2-7(11)6(3-5)10(13)14;/h1,3,11H,4H2,(H2,9,12);. The van der Waals surface area contributed by atoms with Crippen LogP contribution in [0.3, 0.4) is 0 Å². The summed E-state index contributed by atoms with van der Waals surface area (Å²) >= 11 is 0.251. The molecule has 0 fully saturated rings. The molecule has 0 atom stereocenters. The van der Waals surface area contributed by atoms with Gasteiger partial charge in [0, 0.05) is 0 Å². The van der Waals surface area contributed by atoms with Gasteiger partial charge in [0.2, 0.25) is 0 Å². The van der Waals surface area contributed by atoms with E-state index < -0.39 is 10.8 Å². The number of aromatic hydroxyl groups is 1. The van der Waals surface area contributed by atoms with Gasteiger partial charge in [-0.1, -0.05) is 0 Å². The quantitative estimate of drug-likeness (QED) is 0.391. The van der Waals surface area contributed by atoms with Crippen LogP contribution >= 0.6 is 0 Å². The molecular weight excluding hydrogens is 392 g/mol. The summed E-state index contributed by atoms with van der Waals surface area (Å²) in [6.07, 6.45) is -0.0547. The summed E-state index contributed by atoms with van der Waals surface area (Å²) in [5.41, 5.74) is 5.07. The van der Waals surface area contributed by atoms with Gasteiger partial charge in [-0.2, -0.15) is 0 Å². The van der Waals surface area contributed by atoms with Crippen LogP contribution in [0.15, 0.2) is 12.1 Å². The first-order valence-electron chi connectivity index (χ1n) is 3.96. The van der Waals surface area contributed by atoms with E-state index in [-0.39, 0.29) is 43.6 Å². The van der Waals surface area contributed by atoms with Gasteiger partial charge in [0.25, 0.3) is 0 Å². The van der Waals surface area contributed by atoms with E-state index in [4.69, 9.17) is 5.73 Å². The van der Waals surface area contributed by atoms with Crippen molar-refractivity contribution in [2.45, 2.75) is 6.42 Å². The Hall–Kier alpha value is -1.19. The topological polar surface area (TPSA) is 106 Å². The first kappa shape index (κ1) is 11.9. The molecule has 1 rings (SSSR count). The van der Waals surface area contributed by atoms with Gasteiger partial charge in [0.15, 0.2) is 0 Å². The third-order valence-electron chi connectivity index (χ3n) is 1.75. The average Bonchev–Trinajstić information content (AvgIpc) is 2.09. The number of primary amides is 1. The SMILES string of the molecule is NC(=O)Cc1c[c]([Tl])c(O)c([N+](=O)[O-])c1. The van der Waals surface area contributed by atoms with Crippen LogP contribution in [0.2, 0.25) is 0 Å². The zero-order valence-corrected chi connectivity index (χ0v) is 12.1. The van der Waals surface area contributed by atoms with Crippen LogP contribution in [-0.2, 0) is 11.2 Å². The molecule has 0 aliphatic carbocycles. The van der Waals surface area contributed by atoms with Crippen molar-refractivity contribution >= 4 is 40.5 Å². The molecule has 0 unspecified atom stereocenters. The first-order chi connectivity index (χ1) is 6.91. The van der Waals surface area contributed by atoms with Crippen LogP contribution in [0.1, 0.15) is 5.56 Å². The van der Waals surface area contributed by atoms with Crippen molar-refractivity contribution in [3.8, 4) is 5.75 Å². The van der Waals surface area contributed by atoms with E-state index >= 15 is 0 Å². The number of nitrogens with zero attached hydrogens (tertiary/aromatic N) is 1. The van der Waals surface area contributed by atoms with E-state index in [0.717, 1.165) is 0 Å². The summed E-state index contributed by atoms with van der Waals surface area (Å²) in [5, 5.41) is 20.0. The number of nitro benzene ring substituents is 1. The normalized spacial score (nSPS) is 9.80. The number of carbonyl (C=O) groups excluding carboxylic acids is 1. The molecule has 15 heavy (non-hydrogen) atoms. The number of nitro groups is 1. The fourth-order valence-corrected chi connectivity index (χ4v) is 2.55. The summed E-state index contributed by atoms with van der Waals surface area (Å²) in [5.74, 6) is -0.863. The van der Waals surface area contributed by atoms with Crippen molar-refractivity contribution < 1.29 is 14.8 Å². The second kappa shape index (κ2) is 4.55. The molecule has 0 saturated carbocycles. The Morgan fingerprint density at radius 3 is 2.67 bits per heavy atom. The van der Waals surface area contributed by atoms with E-state index in [0.29, 0.717) is 8.69 Å². The number of phenolic OH excluding ortho intramolecular Hbond substituents is 1. The molecule has 0 heterocycles. The second-order valence-corrected chi connectivity index (χ2v) is 5.37. The van der Waals surface area contributed by atoms with Crippen molar-refractivity contribution in [3.05, 3.63) is 27.8 Å². The van der Waals surface area contributed by atoms with Crippen LogP contribution in [0.5, 0.6) is 5.75 Å². The molecule has 3 N–H and O–H groups in total. The molecule has 7 heteroatoms. The van der Waals surface area contributed by atoms with Crippen molar-refractivity contribution in [3.63, 3.8) is 0 Å². The summed E-state index contributed by atoms with van der Waals surface area (Å²) in [4.78, 5) is 20.5. The fourth-order valence-electron chi connectivity index (χ4n) is 1.14. The molecular formula is C8H7N2O4Tl. The van der Waals surface area contributed by atoms with Crippen LogP contribution in [-0.4, -0.2) is 41.7 Å². The monoisotopic (exact) mass is 400 g/mol. The minimum absolute atomic E-state index is 0.0547. The predicted molar refractivity (Wildman–Crippen MR) is 53.0 cm³/mol. The zero-order chi connectivity index (χ0) is 11.6. The molecule has 76 valence electrons. The number of rotatable bonds is 3. The third-order valence-corrected chi connectivity index (χ3v) is 3.47. The third kappa shape index (κ3) is 2.88. The molecule has 0 aliphatic heterocycles. The van der Waals surface area contributed by atoms with E-state index in [1.807, 2.05) is 0 Å². The second-order valence-electron chi connectivity index (χ2n) is 2.95. The molecule has 1 aromatic carbocycles. The van der Waals surface area contributed by atoms with Crippen LogP contribution in [0, 0.1) is 10.1 Å². The fraction of sp³-hybridized carbons (Fsp3) is 0.125. The van der Waals surface area contributed by atoms with Crippen molar-refractivity contribution in [1.29, 1.82) is 0 Å². The Labute approximate surface area is 101 Å². The Morgan fingerprint density at radius 2 is 2.20 bits per heavy atom. The molecule has 0 aliphatic rings. The van der Waals surface area contributed by atoms with Crippen molar-refractivity contribution in [2.75, 3.05) is 0 Å². The van der Waals surface area contributed by atoms with Crippen LogP contribution in [0.25, 0.3) is 0 Å². The van der Waals surface area contributed by atoms with Gasteiger partial charge >= 0.3 is 101 Å². The molecule has 0 spiro atoms. The molecule has 0 aromatic heterocycles. The number of nitrogens with two attached hydrogens (primary N) is 1. The van der Waals surface area contributed by atoms with Gasteiger partial charge in [-0.3, -0.25) is 0 Å². The summed E-state index contributed by atoms with van der Waals surface area (Å²) in [6.45, 7) is 0. The molecule has 6 nitrogen and oxygen atoms in total. The average molecular weight is 400 g/mol. The van der Waals surface area contributed by atoms with Gasteiger partial charge in [-0.05, 0) is 0 Å². The zero-order valence-electron chi connectivity index (χ0n) is 7.64. The van der Waals surface area contributed by atoms with Gasteiger partial charge < -0.3 is 0 Å². The number of carbonyl (C=O) groups is 1. The van der Waals surface area contributed by atoms with Gasteiger partial charge in [0.1, 0.15) is 0 Å². The van der Waals surface area contributed by atoms with E-state index in [9.17, 15) is 20.0 Å². The molecule has 1 aromatic rings. The Balaban J connectivity index is 3.23. The number of phenols is 1. The maximum atomic E-state index is 10.6. The number of hydrogen-bond acceptors (Lipinski definition) is 4. The Kier molecular flexibility index (Phi) is 3.61. The van der Waals surface area contributed by atoms with E-state index in [1.165, 1.54) is 6.07 Å². The summed E-state index contributed by atoms with van der Waals surface area (Å²) in [7, 11) is 0. The summed E-state index contributed by atoms with van der Waals surface area (Å²) in [6, 6.07) is 2.74. The number of benzene rings is 1. The summed E-state index contributed by atoms with van der Waals surface area (Å²) < 4.78 is 0.514. The maximum absolute atomic E-state index is 10.6. The molecule has 0 radical (unpaired) electrons. The first-order valence-corrected chi connectivity index (χ1v) is 6.20.